The summed E-state index contributed by atoms with van der Waals surface area (Å²) in [5.41, 5.74) is -0.268. The fourth-order valence-corrected chi connectivity index (χ4v) is 2.83. The lowest BCUT2D eigenvalue weighted by atomic mass is 9.87. The van der Waals surface area contributed by atoms with Crippen LogP contribution in [0.4, 0.5) is 13.2 Å². The highest BCUT2D eigenvalue weighted by atomic mass is 19.4. The van der Waals surface area contributed by atoms with Crippen molar-refractivity contribution in [2.24, 2.45) is 0 Å². The monoisotopic (exact) mass is 406 g/mol. The molecule has 0 aliphatic carbocycles. The second-order valence-corrected chi connectivity index (χ2v) is 7.55. The van der Waals surface area contributed by atoms with Gasteiger partial charge in [0.1, 0.15) is 17.1 Å². The van der Waals surface area contributed by atoms with E-state index in [2.05, 4.69) is 0 Å². The topological polar surface area (TPSA) is 48.7 Å². The van der Waals surface area contributed by atoms with E-state index in [1.165, 1.54) is 30.3 Å². The molecule has 0 saturated carbocycles. The molecule has 0 aliphatic heterocycles. The molecule has 0 radical (unpaired) electrons. The van der Waals surface area contributed by atoms with Crippen LogP contribution in [0.25, 0.3) is 11.0 Å². The summed E-state index contributed by atoms with van der Waals surface area (Å²) in [7, 11) is 0. The molecule has 0 atom stereocenters. The molecule has 4 nitrogen and oxygen atoms in total. The van der Waals surface area contributed by atoms with Gasteiger partial charge in [-0.05, 0) is 42.2 Å². The number of ether oxygens (including phenoxy) is 2. The van der Waals surface area contributed by atoms with Crippen molar-refractivity contribution in [3.05, 3.63) is 64.0 Å². The third kappa shape index (κ3) is 4.39. The van der Waals surface area contributed by atoms with Crippen molar-refractivity contribution in [3.63, 3.8) is 0 Å². The Hall–Kier alpha value is -2.96. The van der Waals surface area contributed by atoms with Crippen molar-refractivity contribution in [3.8, 4) is 17.2 Å². The lowest BCUT2D eigenvalue weighted by Crippen LogP contribution is -2.15. The zero-order valence-electron chi connectivity index (χ0n) is 16.5. The van der Waals surface area contributed by atoms with Gasteiger partial charge in [-0.1, -0.05) is 32.9 Å². The highest BCUT2D eigenvalue weighted by Crippen LogP contribution is 2.39. The van der Waals surface area contributed by atoms with Gasteiger partial charge < -0.3 is 13.9 Å². The van der Waals surface area contributed by atoms with Crippen molar-refractivity contribution in [2.45, 2.75) is 39.3 Å². The lowest BCUT2D eigenvalue weighted by Gasteiger charge is -2.19. The van der Waals surface area contributed by atoms with Crippen LogP contribution in [-0.4, -0.2) is 6.61 Å². The van der Waals surface area contributed by atoms with Gasteiger partial charge in [-0.25, -0.2) is 0 Å². The first-order valence-corrected chi connectivity index (χ1v) is 9.10. The van der Waals surface area contributed by atoms with Crippen molar-refractivity contribution >= 4 is 11.0 Å². The third-order valence-electron chi connectivity index (χ3n) is 4.33. The Morgan fingerprint density at radius 3 is 2.14 bits per heavy atom. The Kier molecular flexibility index (Phi) is 5.34. The lowest BCUT2D eigenvalue weighted by molar-refractivity contribution is -0.154. The van der Waals surface area contributed by atoms with E-state index in [0.717, 1.165) is 5.56 Å². The normalized spacial score (nSPS) is 12.2. The van der Waals surface area contributed by atoms with Crippen LogP contribution in [0.3, 0.4) is 0 Å². The van der Waals surface area contributed by atoms with E-state index in [0.29, 0.717) is 12.4 Å². The smallest absolute Gasteiger partial charge is 0.453 e. The minimum absolute atomic E-state index is 0.0252. The molecular formula is C22H21F3O4. The summed E-state index contributed by atoms with van der Waals surface area (Å²) in [5, 5.41) is -0.0252. The van der Waals surface area contributed by atoms with E-state index in [9.17, 15) is 18.0 Å². The quantitative estimate of drug-likeness (QED) is 0.510. The van der Waals surface area contributed by atoms with E-state index in [4.69, 9.17) is 13.9 Å². The Balaban J connectivity index is 2.12. The molecule has 0 N–H and O–H groups in total. The van der Waals surface area contributed by atoms with Crippen LogP contribution in [0.2, 0.25) is 0 Å². The average Bonchev–Trinajstić information content (AvgIpc) is 2.63. The number of benzene rings is 2. The summed E-state index contributed by atoms with van der Waals surface area (Å²) in [6, 6.07) is 10.7. The summed E-state index contributed by atoms with van der Waals surface area (Å²) < 4.78 is 56.4. The first-order chi connectivity index (χ1) is 13.5. The minimum atomic E-state index is -4.91. The van der Waals surface area contributed by atoms with Gasteiger partial charge in [0.05, 0.1) is 12.0 Å². The molecule has 0 spiro atoms. The maximum atomic E-state index is 13.6. The third-order valence-corrected chi connectivity index (χ3v) is 4.33. The molecule has 29 heavy (non-hydrogen) atoms. The van der Waals surface area contributed by atoms with Crippen molar-refractivity contribution in [1.29, 1.82) is 0 Å². The molecule has 0 aliphatic rings. The number of fused-ring (bicyclic) bond motifs is 1. The molecule has 0 fully saturated rings. The van der Waals surface area contributed by atoms with Gasteiger partial charge >= 0.3 is 6.18 Å². The molecule has 0 bridgehead atoms. The van der Waals surface area contributed by atoms with Crippen molar-refractivity contribution < 1.29 is 27.1 Å². The van der Waals surface area contributed by atoms with Crippen LogP contribution in [0, 0.1) is 0 Å². The molecule has 3 rings (SSSR count). The van der Waals surface area contributed by atoms with Crippen LogP contribution in [0.1, 0.15) is 39.0 Å². The summed E-state index contributed by atoms with van der Waals surface area (Å²) >= 11 is 0. The first-order valence-electron chi connectivity index (χ1n) is 9.10. The Morgan fingerprint density at radius 2 is 1.59 bits per heavy atom. The minimum Gasteiger partial charge on any atom is -0.494 e. The molecule has 1 heterocycles. The standard InChI is InChI=1S/C22H21F3O4/c1-5-27-15-10-11-16-17(12-15)29-20(22(23,24)25)19(18(16)26)28-14-8-6-13(7-9-14)21(2,3)4/h6-12H,5H2,1-4H3. The predicted molar refractivity (Wildman–Crippen MR) is 104 cm³/mol. The van der Waals surface area contributed by atoms with Gasteiger partial charge in [-0.2, -0.15) is 13.2 Å². The predicted octanol–water partition coefficient (Wildman–Crippen LogP) is 6.30. The van der Waals surface area contributed by atoms with Crippen molar-refractivity contribution in [2.75, 3.05) is 6.61 Å². The zero-order chi connectivity index (χ0) is 21.4. The number of hydrogen-bond donors (Lipinski definition) is 0. The van der Waals surface area contributed by atoms with Gasteiger partial charge in [-0.15, -0.1) is 0 Å². The summed E-state index contributed by atoms with van der Waals surface area (Å²) in [6.07, 6.45) is -4.91. The van der Waals surface area contributed by atoms with E-state index in [1.807, 2.05) is 20.8 Å². The van der Waals surface area contributed by atoms with E-state index < -0.39 is 23.1 Å². The first kappa shape index (κ1) is 20.8. The molecule has 3 aromatic rings. The SMILES string of the molecule is CCOc1ccc2c(=O)c(Oc3ccc(C(C)(C)C)cc3)c(C(F)(F)F)oc2c1. The van der Waals surface area contributed by atoms with E-state index >= 15 is 0 Å². The van der Waals surface area contributed by atoms with Gasteiger partial charge in [-0.3, -0.25) is 4.79 Å². The zero-order valence-corrected chi connectivity index (χ0v) is 16.5. The van der Waals surface area contributed by atoms with E-state index in [-0.39, 0.29) is 22.1 Å². The van der Waals surface area contributed by atoms with Crippen LogP contribution >= 0.6 is 0 Å². The molecule has 1 aromatic heterocycles. The highest BCUT2D eigenvalue weighted by molar-refractivity contribution is 5.79. The van der Waals surface area contributed by atoms with Crippen LogP contribution in [0.5, 0.6) is 17.2 Å². The maximum Gasteiger partial charge on any atom is 0.453 e. The Bertz CT molecular complexity index is 1070. The molecule has 0 unspecified atom stereocenters. The van der Waals surface area contributed by atoms with Crippen LogP contribution in [-0.2, 0) is 11.6 Å². The van der Waals surface area contributed by atoms with Gasteiger partial charge in [0, 0.05) is 6.07 Å². The number of alkyl halides is 3. The Morgan fingerprint density at radius 1 is 0.966 bits per heavy atom. The molecule has 154 valence electrons. The number of hydrogen-bond acceptors (Lipinski definition) is 4. The average molecular weight is 406 g/mol. The molecule has 2 aromatic carbocycles. The second kappa shape index (κ2) is 7.46. The molecule has 0 amide bonds. The second-order valence-electron chi connectivity index (χ2n) is 7.55. The van der Waals surface area contributed by atoms with Crippen LogP contribution < -0.4 is 14.9 Å². The van der Waals surface area contributed by atoms with Gasteiger partial charge in [0.25, 0.3) is 5.76 Å². The molecular weight excluding hydrogens is 385 g/mol. The number of halogens is 3. The van der Waals surface area contributed by atoms with E-state index in [1.54, 1.807) is 19.1 Å². The maximum absolute atomic E-state index is 13.6. The van der Waals surface area contributed by atoms with Crippen LogP contribution in [0.15, 0.2) is 51.7 Å². The number of rotatable bonds is 4. The van der Waals surface area contributed by atoms with Gasteiger partial charge in [0.15, 0.2) is 0 Å². The fraction of sp³-hybridized carbons (Fsp3) is 0.318. The summed E-state index contributed by atoms with van der Waals surface area (Å²) in [6.45, 7) is 8.11. The summed E-state index contributed by atoms with van der Waals surface area (Å²) in [5.74, 6) is -1.95. The largest absolute Gasteiger partial charge is 0.494 e. The fourth-order valence-electron chi connectivity index (χ4n) is 2.83. The molecule has 0 saturated heterocycles. The highest BCUT2D eigenvalue weighted by Gasteiger charge is 2.40. The van der Waals surface area contributed by atoms with Gasteiger partial charge in [0.2, 0.25) is 11.2 Å². The Labute approximate surface area is 165 Å². The summed E-state index contributed by atoms with van der Waals surface area (Å²) in [4.78, 5) is 12.8. The van der Waals surface area contributed by atoms with Crippen molar-refractivity contribution in [1.82, 2.24) is 0 Å². The molecule has 7 heteroatoms.